The van der Waals surface area contributed by atoms with Crippen LogP contribution in [0.25, 0.3) is 0 Å². The third-order valence-corrected chi connectivity index (χ3v) is 3.78. The Bertz CT molecular complexity index is 376. The summed E-state index contributed by atoms with van der Waals surface area (Å²) in [5.41, 5.74) is 0.256. The van der Waals surface area contributed by atoms with Crippen LogP contribution in [0.15, 0.2) is 29.3 Å². The van der Waals surface area contributed by atoms with Crippen molar-refractivity contribution in [3.8, 4) is 0 Å². The van der Waals surface area contributed by atoms with Crippen molar-refractivity contribution in [2.75, 3.05) is 0 Å². The minimum absolute atomic E-state index is 0.0936. The zero-order chi connectivity index (χ0) is 13.4. The van der Waals surface area contributed by atoms with E-state index in [4.69, 9.17) is 0 Å². The van der Waals surface area contributed by atoms with Gasteiger partial charge >= 0.3 is 0 Å². The maximum absolute atomic E-state index is 11.2. The molecule has 0 spiro atoms. The molecule has 0 bridgehead atoms. The number of hydrogen-bond donors (Lipinski definition) is 0. The molecule has 102 valence electrons. The van der Waals surface area contributed by atoms with E-state index in [1.165, 1.54) is 44.9 Å². The van der Waals surface area contributed by atoms with Crippen molar-refractivity contribution in [3.05, 3.63) is 34.7 Å². The molecule has 0 saturated heterocycles. The number of aromatic nitrogens is 1. The molecule has 1 aromatic rings. The van der Waals surface area contributed by atoms with E-state index in [0.29, 0.717) is 0 Å². The van der Waals surface area contributed by atoms with E-state index in [-0.39, 0.29) is 11.0 Å². The molecule has 1 aromatic heterocycles. The van der Waals surface area contributed by atoms with Gasteiger partial charge in [-0.25, -0.2) is 0 Å². The molecule has 0 aliphatic carbocycles. The fourth-order valence-corrected chi connectivity index (χ4v) is 2.63. The SMILES string of the molecule is CCCCCCC(C)(CCC)n1ccc(=O)cc1. The molecule has 0 aromatic carbocycles. The van der Waals surface area contributed by atoms with Crippen LogP contribution in [0.3, 0.4) is 0 Å². The Balaban J connectivity index is 2.72. The number of pyridine rings is 1. The van der Waals surface area contributed by atoms with Gasteiger partial charge in [0.25, 0.3) is 0 Å². The molecular weight excluding hydrogens is 222 g/mol. The number of unbranched alkanes of at least 4 members (excludes halogenated alkanes) is 3. The standard InChI is InChI=1S/C16H27NO/c1-4-6-7-8-12-16(3,11-5-2)17-13-9-15(18)10-14-17/h9-10,13-14H,4-8,11-12H2,1-3H3. The molecular formula is C16H27NO. The summed E-state index contributed by atoms with van der Waals surface area (Å²) >= 11 is 0. The molecule has 0 aliphatic rings. The van der Waals surface area contributed by atoms with E-state index in [1.54, 1.807) is 12.1 Å². The van der Waals surface area contributed by atoms with Crippen LogP contribution in [0.4, 0.5) is 0 Å². The van der Waals surface area contributed by atoms with Crippen molar-refractivity contribution in [1.82, 2.24) is 4.57 Å². The fraction of sp³-hybridized carbons (Fsp3) is 0.688. The molecule has 1 atom stereocenters. The summed E-state index contributed by atoms with van der Waals surface area (Å²) in [5.74, 6) is 0. The van der Waals surface area contributed by atoms with Crippen molar-refractivity contribution in [1.29, 1.82) is 0 Å². The van der Waals surface area contributed by atoms with Gasteiger partial charge in [-0.05, 0) is 19.8 Å². The molecule has 0 fully saturated rings. The number of hydrogen-bond acceptors (Lipinski definition) is 1. The van der Waals surface area contributed by atoms with Crippen LogP contribution in [0, 0.1) is 0 Å². The summed E-state index contributed by atoms with van der Waals surface area (Å²) in [4.78, 5) is 11.2. The van der Waals surface area contributed by atoms with Gasteiger partial charge in [0.05, 0.1) is 0 Å². The molecule has 0 amide bonds. The highest BCUT2D eigenvalue weighted by molar-refractivity contribution is 4.98. The first kappa shape index (κ1) is 15.0. The van der Waals surface area contributed by atoms with Crippen molar-refractivity contribution >= 4 is 0 Å². The summed E-state index contributed by atoms with van der Waals surface area (Å²) in [6.45, 7) is 6.78. The minimum atomic E-state index is 0.0936. The first-order valence-corrected chi connectivity index (χ1v) is 7.31. The van der Waals surface area contributed by atoms with Crippen molar-refractivity contribution in [2.24, 2.45) is 0 Å². The van der Waals surface area contributed by atoms with E-state index in [1.807, 2.05) is 12.4 Å². The molecule has 0 radical (unpaired) electrons. The van der Waals surface area contributed by atoms with Crippen molar-refractivity contribution in [3.63, 3.8) is 0 Å². The van der Waals surface area contributed by atoms with Crippen LogP contribution in [0.2, 0.25) is 0 Å². The van der Waals surface area contributed by atoms with E-state index in [0.717, 1.165) is 0 Å². The number of nitrogens with zero attached hydrogens (tertiary/aromatic N) is 1. The Morgan fingerprint density at radius 3 is 2.22 bits per heavy atom. The van der Waals surface area contributed by atoms with E-state index in [2.05, 4.69) is 25.3 Å². The van der Waals surface area contributed by atoms with Crippen LogP contribution in [0.1, 0.15) is 65.7 Å². The Kier molecular flexibility index (Phi) is 6.17. The lowest BCUT2D eigenvalue weighted by atomic mass is 9.89. The Hall–Kier alpha value is -1.05. The normalized spacial score (nSPS) is 14.4. The first-order valence-electron chi connectivity index (χ1n) is 7.31. The zero-order valence-electron chi connectivity index (χ0n) is 12.1. The van der Waals surface area contributed by atoms with Gasteiger partial charge in [-0.2, -0.15) is 0 Å². The van der Waals surface area contributed by atoms with Gasteiger partial charge in [0.2, 0.25) is 0 Å². The summed E-state index contributed by atoms with van der Waals surface area (Å²) in [6, 6.07) is 3.33. The molecule has 2 nitrogen and oxygen atoms in total. The largest absolute Gasteiger partial charge is 0.348 e. The molecule has 2 heteroatoms. The van der Waals surface area contributed by atoms with Gasteiger partial charge in [-0.15, -0.1) is 0 Å². The summed E-state index contributed by atoms with van der Waals surface area (Å²) in [5, 5.41) is 0. The molecule has 0 N–H and O–H groups in total. The molecule has 1 heterocycles. The van der Waals surface area contributed by atoms with Crippen molar-refractivity contribution in [2.45, 2.75) is 71.3 Å². The second-order valence-corrected chi connectivity index (χ2v) is 5.50. The van der Waals surface area contributed by atoms with Gasteiger partial charge < -0.3 is 4.57 Å². The second kappa shape index (κ2) is 7.40. The van der Waals surface area contributed by atoms with E-state index in [9.17, 15) is 4.79 Å². The zero-order valence-corrected chi connectivity index (χ0v) is 12.1. The first-order chi connectivity index (χ1) is 8.62. The lowest BCUT2D eigenvalue weighted by Gasteiger charge is -2.33. The van der Waals surface area contributed by atoms with Gasteiger partial charge in [0.15, 0.2) is 5.43 Å². The molecule has 0 aliphatic heterocycles. The summed E-state index contributed by atoms with van der Waals surface area (Å²) in [7, 11) is 0. The van der Waals surface area contributed by atoms with Gasteiger partial charge in [0.1, 0.15) is 0 Å². The molecule has 0 saturated carbocycles. The maximum atomic E-state index is 11.2. The molecule has 1 rings (SSSR count). The number of rotatable bonds is 8. The van der Waals surface area contributed by atoms with E-state index < -0.39 is 0 Å². The summed E-state index contributed by atoms with van der Waals surface area (Å²) in [6.07, 6.45) is 12.6. The minimum Gasteiger partial charge on any atom is -0.348 e. The fourth-order valence-electron chi connectivity index (χ4n) is 2.63. The van der Waals surface area contributed by atoms with Crippen molar-refractivity contribution < 1.29 is 0 Å². The molecule has 1 unspecified atom stereocenters. The van der Waals surface area contributed by atoms with Gasteiger partial charge in [-0.3, -0.25) is 4.79 Å². The quantitative estimate of drug-likeness (QED) is 0.628. The van der Waals surface area contributed by atoms with E-state index >= 15 is 0 Å². The average Bonchev–Trinajstić information content (AvgIpc) is 2.36. The highest BCUT2D eigenvalue weighted by atomic mass is 16.1. The topological polar surface area (TPSA) is 22.0 Å². The average molecular weight is 249 g/mol. The third kappa shape index (κ3) is 4.32. The second-order valence-electron chi connectivity index (χ2n) is 5.50. The predicted molar refractivity (Wildman–Crippen MR) is 78.0 cm³/mol. The third-order valence-electron chi connectivity index (χ3n) is 3.78. The molecule has 18 heavy (non-hydrogen) atoms. The highest BCUT2D eigenvalue weighted by Crippen LogP contribution is 2.28. The van der Waals surface area contributed by atoms with Crippen LogP contribution in [-0.2, 0) is 5.54 Å². The monoisotopic (exact) mass is 249 g/mol. The predicted octanol–water partition coefficient (Wildman–Crippen LogP) is 4.33. The Morgan fingerprint density at radius 2 is 1.67 bits per heavy atom. The van der Waals surface area contributed by atoms with Gasteiger partial charge in [-0.1, -0.05) is 46.0 Å². The smallest absolute Gasteiger partial charge is 0.181 e. The van der Waals surface area contributed by atoms with Crippen LogP contribution < -0.4 is 5.43 Å². The highest BCUT2D eigenvalue weighted by Gasteiger charge is 2.23. The van der Waals surface area contributed by atoms with Crippen LogP contribution >= 0.6 is 0 Å². The maximum Gasteiger partial charge on any atom is 0.181 e. The van der Waals surface area contributed by atoms with Crippen LogP contribution in [-0.4, -0.2) is 4.57 Å². The summed E-state index contributed by atoms with van der Waals surface area (Å²) < 4.78 is 2.23. The Labute approximate surface area is 111 Å². The Morgan fingerprint density at radius 1 is 1.00 bits per heavy atom. The lowest BCUT2D eigenvalue weighted by molar-refractivity contribution is 0.256. The van der Waals surface area contributed by atoms with Gasteiger partial charge in [0, 0.05) is 30.1 Å². The lowest BCUT2D eigenvalue weighted by Crippen LogP contribution is -2.30. The van der Waals surface area contributed by atoms with Crippen LogP contribution in [0.5, 0.6) is 0 Å².